The van der Waals surface area contributed by atoms with Gasteiger partial charge < -0.3 is 24.7 Å². The molecule has 0 saturated heterocycles. The SMILES string of the molecule is [C-]#CCCCCCCCCCCCCCCCCCC.[C-]#CCCCCCCCCCCCCCCCCCC.[Ni+2]. The van der Waals surface area contributed by atoms with Crippen LogP contribution in [-0.2, 0) is 16.5 Å². The first-order chi connectivity index (χ1) is 19.8. The van der Waals surface area contributed by atoms with Gasteiger partial charge in [0.1, 0.15) is 0 Å². The van der Waals surface area contributed by atoms with Gasteiger partial charge in [-0.2, -0.15) is 0 Å². The number of hydrogen-bond acceptors (Lipinski definition) is 0. The topological polar surface area (TPSA) is 0 Å². The molecule has 1 heteroatoms. The van der Waals surface area contributed by atoms with Crippen LogP contribution in [0.1, 0.15) is 232 Å². The largest absolute Gasteiger partial charge is 2.00 e. The van der Waals surface area contributed by atoms with E-state index in [4.69, 9.17) is 12.8 Å². The molecule has 41 heavy (non-hydrogen) atoms. The van der Waals surface area contributed by atoms with E-state index >= 15 is 0 Å². The molecular weight excluding hydrogens is 539 g/mol. The zero-order valence-corrected chi connectivity index (χ0v) is 29.3. The van der Waals surface area contributed by atoms with Gasteiger partial charge in [-0.1, -0.05) is 206 Å². The molecular formula is C40H74Ni. The molecule has 0 amide bonds. The minimum atomic E-state index is 0. The molecule has 0 spiro atoms. The summed E-state index contributed by atoms with van der Waals surface area (Å²) < 4.78 is 0. The molecule has 0 radical (unpaired) electrons. The van der Waals surface area contributed by atoms with E-state index < -0.39 is 0 Å². The van der Waals surface area contributed by atoms with Crippen molar-refractivity contribution in [1.82, 2.24) is 0 Å². The Morgan fingerprint density at radius 1 is 0.268 bits per heavy atom. The Morgan fingerprint density at radius 3 is 0.561 bits per heavy atom. The van der Waals surface area contributed by atoms with E-state index in [1.54, 1.807) is 0 Å². The summed E-state index contributed by atoms with van der Waals surface area (Å²) in [4.78, 5) is 0. The van der Waals surface area contributed by atoms with Crippen molar-refractivity contribution in [3.63, 3.8) is 0 Å². The summed E-state index contributed by atoms with van der Waals surface area (Å²) in [5.74, 6) is 4.93. The fourth-order valence-electron chi connectivity index (χ4n) is 5.52. The fraction of sp³-hybridized carbons (Fsp3) is 0.900. The van der Waals surface area contributed by atoms with Crippen molar-refractivity contribution in [3.8, 4) is 11.8 Å². The Hall–Kier alpha value is -0.386. The summed E-state index contributed by atoms with van der Waals surface area (Å²) >= 11 is 0. The van der Waals surface area contributed by atoms with Crippen LogP contribution in [0.2, 0.25) is 0 Å². The maximum atomic E-state index is 6.84. The Bertz CT molecular complexity index is 450. The molecule has 0 atom stereocenters. The van der Waals surface area contributed by atoms with Crippen LogP contribution in [0, 0.1) is 24.7 Å². The van der Waals surface area contributed by atoms with Gasteiger partial charge in [0.25, 0.3) is 0 Å². The summed E-state index contributed by atoms with van der Waals surface area (Å²) in [5.41, 5.74) is 0. The molecule has 0 aromatic rings. The predicted molar refractivity (Wildman–Crippen MR) is 183 cm³/mol. The predicted octanol–water partition coefficient (Wildman–Crippen LogP) is 14.5. The minimum Gasteiger partial charge on any atom is -0.694 e. The standard InChI is InChI=1S/2C20H37.Ni/c2*1-3-5-7-9-11-13-15-17-19-20-18-16-14-12-10-8-6-4-2;/h2*3,5-20H2,1H3;/q2*-1;+2. The number of unbranched alkanes of at least 4 members (excludes halogenated alkanes) is 32. The van der Waals surface area contributed by atoms with Crippen molar-refractivity contribution in [1.29, 1.82) is 0 Å². The summed E-state index contributed by atoms with van der Waals surface area (Å²) in [6.07, 6.45) is 60.5. The van der Waals surface area contributed by atoms with Crippen molar-refractivity contribution < 1.29 is 16.5 Å². The summed E-state index contributed by atoms with van der Waals surface area (Å²) in [6.45, 7) is 4.57. The first kappa shape index (κ1) is 45.0. The minimum absolute atomic E-state index is 0. The average Bonchev–Trinajstić information content (AvgIpc) is 2.97. The van der Waals surface area contributed by atoms with Crippen LogP contribution in [0.15, 0.2) is 0 Å². The van der Waals surface area contributed by atoms with E-state index in [1.165, 1.54) is 205 Å². The molecule has 0 aromatic heterocycles. The van der Waals surface area contributed by atoms with Crippen LogP contribution in [0.25, 0.3) is 0 Å². The van der Waals surface area contributed by atoms with Crippen molar-refractivity contribution in [2.45, 2.75) is 232 Å². The Kier molecular flexibility index (Phi) is 51.2. The van der Waals surface area contributed by atoms with E-state index in [-0.39, 0.29) is 16.5 Å². The number of rotatable bonds is 32. The van der Waals surface area contributed by atoms with Gasteiger partial charge in [0.2, 0.25) is 0 Å². The monoisotopic (exact) mass is 613 g/mol. The second-order valence-electron chi connectivity index (χ2n) is 12.5. The van der Waals surface area contributed by atoms with Gasteiger partial charge in [0.15, 0.2) is 0 Å². The Labute approximate surface area is 272 Å². The third kappa shape index (κ3) is 49.6. The second kappa shape index (κ2) is 46.6. The first-order valence-corrected chi connectivity index (χ1v) is 18.6. The van der Waals surface area contributed by atoms with Gasteiger partial charge >= 0.3 is 16.5 Å². The van der Waals surface area contributed by atoms with Crippen LogP contribution in [0.4, 0.5) is 0 Å². The van der Waals surface area contributed by atoms with Crippen molar-refractivity contribution in [2.75, 3.05) is 0 Å². The maximum absolute atomic E-state index is 6.84. The van der Waals surface area contributed by atoms with Crippen LogP contribution in [0.3, 0.4) is 0 Å². The smallest absolute Gasteiger partial charge is 0.694 e. The molecule has 0 fully saturated rings. The maximum Gasteiger partial charge on any atom is 2.00 e. The van der Waals surface area contributed by atoms with Gasteiger partial charge in [-0.3, -0.25) is 0 Å². The van der Waals surface area contributed by atoms with Crippen LogP contribution >= 0.6 is 0 Å². The van der Waals surface area contributed by atoms with E-state index in [0.717, 1.165) is 12.8 Å². The molecule has 0 unspecified atom stereocenters. The van der Waals surface area contributed by atoms with Gasteiger partial charge in [0, 0.05) is 0 Å². The third-order valence-electron chi connectivity index (χ3n) is 8.31. The van der Waals surface area contributed by atoms with Gasteiger partial charge in [-0.05, 0) is 25.7 Å². The van der Waals surface area contributed by atoms with E-state index in [9.17, 15) is 0 Å². The molecule has 0 bridgehead atoms. The van der Waals surface area contributed by atoms with Gasteiger partial charge in [0.05, 0.1) is 0 Å². The molecule has 0 nitrogen and oxygen atoms in total. The Balaban J connectivity index is -0.000000688. The molecule has 244 valence electrons. The molecule has 0 N–H and O–H groups in total. The van der Waals surface area contributed by atoms with Gasteiger partial charge in [-0.15, -0.1) is 0 Å². The van der Waals surface area contributed by atoms with Crippen LogP contribution in [0.5, 0.6) is 0 Å². The average molecular weight is 614 g/mol. The summed E-state index contributed by atoms with van der Waals surface area (Å²) in [6, 6.07) is 0. The van der Waals surface area contributed by atoms with Crippen molar-refractivity contribution >= 4 is 0 Å². The molecule has 0 aliphatic carbocycles. The zero-order valence-electron chi connectivity index (χ0n) is 28.4. The van der Waals surface area contributed by atoms with Gasteiger partial charge in [-0.25, -0.2) is 0 Å². The van der Waals surface area contributed by atoms with Crippen LogP contribution in [-0.4, -0.2) is 0 Å². The molecule has 0 aliphatic rings. The molecule has 0 heterocycles. The van der Waals surface area contributed by atoms with Crippen molar-refractivity contribution in [3.05, 3.63) is 12.8 Å². The van der Waals surface area contributed by atoms with E-state index in [1.807, 2.05) is 0 Å². The normalized spacial score (nSPS) is 10.3. The quantitative estimate of drug-likeness (QED) is 0.0306. The third-order valence-corrected chi connectivity index (χ3v) is 8.31. The Morgan fingerprint density at radius 2 is 0.415 bits per heavy atom. The fourth-order valence-corrected chi connectivity index (χ4v) is 5.52. The summed E-state index contributed by atoms with van der Waals surface area (Å²) in [5, 5.41) is 0. The molecule has 0 rings (SSSR count). The van der Waals surface area contributed by atoms with E-state index in [0.29, 0.717) is 0 Å². The summed E-state index contributed by atoms with van der Waals surface area (Å²) in [7, 11) is 0. The zero-order chi connectivity index (χ0) is 29.5. The molecule has 0 aliphatic heterocycles. The first-order valence-electron chi connectivity index (χ1n) is 18.6. The second-order valence-corrected chi connectivity index (χ2v) is 12.5. The molecule has 0 aromatic carbocycles. The van der Waals surface area contributed by atoms with E-state index in [2.05, 4.69) is 25.7 Å². The molecule has 0 saturated carbocycles. The van der Waals surface area contributed by atoms with Crippen molar-refractivity contribution in [2.24, 2.45) is 0 Å². The number of hydrogen-bond donors (Lipinski definition) is 0. The van der Waals surface area contributed by atoms with Crippen LogP contribution < -0.4 is 0 Å².